The third-order valence-electron chi connectivity index (χ3n) is 3.11. The van der Waals surface area contributed by atoms with Crippen molar-refractivity contribution < 1.29 is 4.74 Å². The van der Waals surface area contributed by atoms with Crippen molar-refractivity contribution in [2.24, 2.45) is 0 Å². The Morgan fingerprint density at radius 2 is 1.42 bits per heavy atom. The number of fused-ring (bicyclic) bond motifs is 1. The summed E-state index contributed by atoms with van der Waals surface area (Å²) in [5.41, 5.74) is 0.996. The average Bonchev–Trinajstić information content (AvgIpc) is 2.48. The molecule has 0 N–H and O–H groups in total. The van der Waals surface area contributed by atoms with Crippen LogP contribution in [0.15, 0.2) is 73.3 Å². The summed E-state index contributed by atoms with van der Waals surface area (Å²) in [5.74, 6) is 1.70. The fraction of sp³-hybridized carbons (Fsp3) is 0. The predicted octanol–water partition coefficient (Wildman–Crippen LogP) is 5.28. The van der Waals surface area contributed by atoms with Crippen molar-refractivity contribution in [2.75, 3.05) is 0 Å². The predicted molar refractivity (Wildman–Crippen MR) is 80.6 cm³/mol. The van der Waals surface area contributed by atoms with Crippen LogP contribution in [0.25, 0.3) is 16.8 Å². The molecule has 19 heavy (non-hydrogen) atoms. The van der Waals surface area contributed by atoms with Gasteiger partial charge in [0.05, 0.1) is 0 Å². The van der Waals surface area contributed by atoms with Crippen molar-refractivity contribution in [3.63, 3.8) is 0 Å². The monoisotopic (exact) mass is 246 g/mol. The van der Waals surface area contributed by atoms with Gasteiger partial charge >= 0.3 is 0 Å². The Morgan fingerprint density at radius 1 is 0.737 bits per heavy atom. The second kappa shape index (κ2) is 4.99. The fourth-order valence-electron chi connectivity index (χ4n) is 2.15. The maximum Gasteiger partial charge on any atom is 0.135 e. The first kappa shape index (κ1) is 11.5. The molecule has 0 radical (unpaired) electrons. The number of hydrogen-bond acceptors (Lipinski definition) is 1. The summed E-state index contributed by atoms with van der Waals surface area (Å²) in [7, 11) is 0. The molecule has 0 unspecified atom stereocenters. The first-order chi connectivity index (χ1) is 9.38. The zero-order chi connectivity index (χ0) is 13.1. The number of benzene rings is 3. The van der Waals surface area contributed by atoms with Crippen LogP contribution in [-0.4, -0.2) is 0 Å². The van der Waals surface area contributed by atoms with Gasteiger partial charge in [0.1, 0.15) is 11.5 Å². The molecule has 3 aromatic carbocycles. The molecular weight excluding hydrogens is 232 g/mol. The maximum atomic E-state index is 6.04. The van der Waals surface area contributed by atoms with Crippen molar-refractivity contribution in [3.8, 4) is 11.5 Å². The van der Waals surface area contributed by atoms with Gasteiger partial charge in [-0.1, -0.05) is 67.3 Å². The van der Waals surface area contributed by atoms with Crippen LogP contribution in [0.1, 0.15) is 5.56 Å². The molecular formula is C18H14O. The highest BCUT2D eigenvalue weighted by Crippen LogP contribution is 2.31. The van der Waals surface area contributed by atoms with Crippen molar-refractivity contribution >= 4 is 16.8 Å². The van der Waals surface area contributed by atoms with Gasteiger partial charge in [0.2, 0.25) is 0 Å². The minimum Gasteiger partial charge on any atom is -0.456 e. The van der Waals surface area contributed by atoms with E-state index in [0.29, 0.717) is 0 Å². The van der Waals surface area contributed by atoms with E-state index < -0.39 is 0 Å². The zero-order valence-electron chi connectivity index (χ0n) is 10.5. The minimum atomic E-state index is 0.828. The van der Waals surface area contributed by atoms with Gasteiger partial charge in [-0.25, -0.2) is 0 Å². The Morgan fingerprint density at radius 3 is 2.32 bits per heavy atom. The Bertz CT molecular complexity index is 723. The minimum absolute atomic E-state index is 0.828. The molecule has 1 nitrogen and oxygen atoms in total. The molecule has 0 saturated carbocycles. The molecule has 0 bridgehead atoms. The average molecular weight is 246 g/mol. The van der Waals surface area contributed by atoms with Gasteiger partial charge in [-0.2, -0.15) is 0 Å². The molecule has 0 aliphatic heterocycles. The number of ether oxygens (including phenoxy) is 1. The molecule has 0 aliphatic rings. The Balaban J connectivity index is 2.08. The standard InChI is InChI=1S/C18H14O/c1-2-14-8-4-6-12-17(14)19-18-13-7-10-15-9-3-5-11-16(15)18/h2-13H,1H2. The van der Waals surface area contributed by atoms with Crippen LogP contribution in [0, 0.1) is 0 Å². The summed E-state index contributed by atoms with van der Waals surface area (Å²) >= 11 is 0. The van der Waals surface area contributed by atoms with Gasteiger partial charge in [-0.3, -0.25) is 0 Å². The summed E-state index contributed by atoms with van der Waals surface area (Å²) < 4.78 is 6.04. The molecule has 0 spiro atoms. The molecule has 92 valence electrons. The Hall–Kier alpha value is -2.54. The van der Waals surface area contributed by atoms with E-state index in [2.05, 4.69) is 24.8 Å². The molecule has 3 aromatic rings. The van der Waals surface area contributed by atoms with E-state index >= 15 is 0 Å². The van der Waals surface area contributed by atoms with Crippen molar-refractivity contribution in [3.05, 3.63) is 78.9 Å². The van der Waals surface area contributed by atoms with E-state index in [1.807, 2.05) is 48.5 Å². The molecule has 0 aromatic heterocycles. The van der Waals surface area contributed by atoms with Gasteiger partial charge in [-0.05, 0) is 17.5 Å². The van der Waals surface area contributed by atoms with Gasteiger partial charge in [0.25, 0.3) is 0 Å². The van der Waals surface area contributed by atoms with Crippen LogP contribution < -0.4 is 4.74 Å². The highest BCUT2D eigenvalue weighted by molar-refractivity contribution is 5.88. The molecule has 0 aliphatic carbocycles. The lowest BCUT2D eigenvalue weighted by molar-refractivity contribution is 0.487. The second-order valence-corrected chi connectivity index (χ2v) is 4.32. The maximum absolute atomic E-state index is 6.04. The summed E-state index contributed by atoms with van der Waals surface area (Å²) in [5, 5.41) is 2.29. The smallest absolute Gasteiger partial charge is 0.135 e. The number of para-hydroxylation sites is 1. The molecule has 0 fully saturated rings. The third kappa shape index (κ3) is 2.23. The number of rotatable bonds is 3. The van der Waals surface area contributed by atoms with Crippen LogP contribution in [0.2, 0.25) is 0 Å². The van der Waals surface area contributed by atoms with E-state index in [9.17, 15) is 0 Å². The zero-order valence-corrected chi connectivity index (χ0v) is 10.5. The summed E-state index contributed by atoms with van der Waals surface area (Å²) in [6.45, 7) is 3.82. The summed E-state index contributed by atoms with van der Waals surface area (Å²) in [6.07, 6.45) is 1.81. The van der Waals surface area contributed by atoms with E-state index in [1.165, 1.54) is 5.39 Å². The van der Waals surface area contributed by atoms with Gasteiger partial charge in [-0.15, -0.1) is 0 Å². The molecule has 0 atom stereocenters. The van der Waals surface area contributed by atoms with Crippen LogP contribution in [0.5, 0.6) is 11.5 Å². The van der Waals surface area contributed by atoms with Crippen LogP contribution in [0.4, 0.5) is 0 Å². The van der Waals surface area contributed by atoms with E-state index in [4.69, 9.17) is 4.74 Å². The highest BCUT2D eigenvalue weighted by atomic mass is 16.5. The Labute approximate surface area is 112 Å². The molecule has 0 amide bonds. The molecule has 1 heteroatoms. The van der Waals surface area contributed by atoms with E-state index in [0.717, 1.165) is 22.4 Å². The first-order valence-corrected chi connectivity index (χ1v) is 6.25. The third-order valence-corrected chi connectivity index (χ3v) is 3.11. The second-order valence-electron chi connectivity index (χ2n) is 4.32. The fourth-order valence-corrected chi connectivity index (χ4v) is 2.15. The van der Waals surface area contributed by atoms with E-state index in [1.54, 1.807) is 6.08 Å². The lowest BCUT2D eigenvalue weighted by Gasteiger charge is -2.11. The summed E-state index contributed by atoms with van der Waals surface area (Å²) in [4.78, 5) is 0. The van der Waals surface area contributed by atoms with Crippen molar-refractivity contribution in [1.82, 2.24) is 0 Å². The van der Waals surface area contributed by atoms with Crippen LogP contribution in [-0.2, 0) is 0 Å². The normalized spacial score (nSPS) is 10.3. The lowest BCUT2D eigenvalue weighted by atomic mass is 10.1. The van der Waals surface area contributed by atoms with Gasteiger partial charge < -0.3 is 4.74 Å². The number of hydrogen-bond donors (Lipinski definition) is 0. The van der Waals surface area contributed by atoms with Crippen LogP contribution >= 0.6 is 0 Å². The van der Waals surface area contributed by atoms with Crippen molar-refractivity contribution in [2.45, 2.75) is 0 Å². The van der Waals surface area contributed by atoms with Crippen LogP contribution in [0.3, 0.4) is 0 Å². The topological polar surface area (TPSA) is 9.23 Å². The molecule has 0 saturated heterocycles. The summed E-state index contributed by atoms with van der Waals surface area (Å²) in [6, 6.07) is 22.2. The Kier molecular flexibility index (Phi) is 3.03. The van der Waals surface area contributed by atoms with Gasteiger partial charge in [0.15, 0.2) is 0 Å². The van der Waals surface area contributed by atoms with E-state index in [-0.39, 0.29) is 0 Å². The quantitative estimate of drug-likeness (QED) is 0.611. The van der Waals surface area contributed by atoms with Crippen molar-refractivity contribution in [1.29, 1.82) is 0 Å². The molecule has 3 rings (SSSR count). The van der Waals surface area contributed by atoms with Gasteiger partial charge in [0, 0.05) is 10.9 Å². The SMILES string of the molecule is C=Cc1ccccc1Oc1cccc2ccccc12. The highest BCUT2D eigenvalue weighted by Gasteiger charge is 2.04. The lowest BCUT2D eigenvalue weighted by Crippen LogP contribution is -1.88. The first-order valence-electron chi connectivity index (χ1n) is 6.25. The largest absolute Gasteiger partial charge is 0.456 e. The molecule has 0 heterocycles.